The number of phenols is 2. The lowest BCUT2D eigenvalue weighted by Gasteiger charge is -2.02. The summed E-state index contributed by atoms with van der Waals surface area (Å²) >= 11 is 0. The van der Waals surface area contributed by atoms with E-state index in [0.29, 0.717) is 0 Å². The maximum atomic E-state index is 10.4. The number of carboxylic acids is 2. The molecule has 24 heavy (non-hydrogen) atoms. The summed E-state index contributed by atoms with van der Waals surface area (Å²) in [4.78, 5) is 20.8. The van der Waals surface area contributed by atoms with Crippen LogP contribution < -0.4 is 9.47 Å². The Labute approximate surface area is 137 Å². The van der Waals surface area contributed by atoms with Gasteiger partial charge in [-0.2, -0.15) is 0 Å². The second kappa shape index (κ2) is 8.28. The lowest BCUT2D eigenvalue weighted by atomic mass is 10.2. The molecule has 2 rings (SSSR count). The summed E-state index contributed by atoms with van der Waals surface area (Å²) in [6, 6.07) is 7.75. The van der Waals surface area contributed by atoms with Crippen molar-refractivity contribution in [2.24, 2.45) is 0 Å². The van der Waals surface area contributed by atoms with E-state index in [1.54, 1.807) is 0 Å². The van der Waals surface area contributed by atoms with Crippen LogP contribution in [0.2, 0.25) is 0 Å². The maximum absolute atomic E-state index is 10.4. The lowest BCUT2D eigenvalue weighted by molar-refractivity contribution is 0.0685. The third-order valence-corrected chi connectivity index (χ3v) is 2.85. The summed E-state index contributed by atoms with van der Waals surface area (Å²) < 4.78 is 9.46. The molecule has 0 bridgehead atoms. The van der Waals surface area contributed by atoms with Crippen molar-refractivity contribution in [1.29, 1.82) is 0 Å². The Kier molecular flexibility index (Phi) is 6.42. The number of hydrogen-bond acceptors (Lipinski definition) is 6. The van der Waals surface area contributed by atoms with Gasteiger partial charge in [0.2, 0.25) is 0 Å². The summed E-state index contributed by atoms with van der Waals surface area (Å²) in [6.45, 7) is 0. The summed E-state index contributed by atoms with van der Waals surface area (Å²) in [6.07, 6.45) is 0. The predicted molar refractivity (Wildman–Crippen MR) is 83.2 cm³/mol. The van der Waals surface area contributed by atoms with E-state index < -0.39 is 11.9 Å². The van der Waals surface area contributed by atoms with Crippen LogP contribution >= 0.6 is 0 Å². The first kappa shape index (κ1) is 18.6. The molecule has 0 radical (unpaired) electrons. The van der Waals surface area contributed by atoms with Crippen molar-refractivity contribution in [3.8, 4) is 23.0 Å². The average Bonchev–Trinajstić information content (AvgIpc) is 2.55. The number of carboxylic acid groups (broad SMARTS) is 2. The van der Waals surface area contributed by atoms with Crippen LogP contribution in [0.15, 0.2) is 36.4 Å². The minimum atomic E-state index is -1.08. The van der Waals surface area contributed by atoms with Crippen molar-refractivity contribution in [2.75, 3.05) is 14.2 Å². The molecule has 0 aromatic heterocycles. The SMILES string of the molecule is COc1cc(C(=O)O)ccc1O.COc1ccc(C(=O)O)cc1O. The molecule has 0 saturated carbocycles. The molecule has 0 unspecified atom stereocenters. The van der Waals surface area contributed by atoms with Crippen LogP contribution in [-0.2, 0) is 0 Å². The fraction of sp³-hybridized carbons (Fsp3) is 0.125. The monoisotopic (exact) mass is 336 g/mol. The summed E-state index contributed by atoms with van der Waals surface area (Å²) in [5.41, 5.74) is 0.123. The van der Waals surface area contributed by atoms with Crippen molar-refractivity contribution in [3.05, 3.63) is 47.5 Å². The highest BCUT2D eigenvalue weighted by molar-refractivity contribution is 5.88. The minimum Gasteiger partial charge on any atom is -0.504 e. The Bertz CT molecular complexity index is 739. The molecule has 0 atom stereocenters. The van der Waals surface area contributed by atoms with E-state index in [-0.39, 0.29) is 34.1 Å². The van der Waals surface area contributed by atoms with Crippen LogP contribution in [0.3, 0.4) is 0 Å². The van der Waals surface area contributed by atoms with Crippen molar-refractivity contribution in [3.63, 3.8) is 0 Å². The van der Waals surface area contributed by atoms with E-state index in [1.807, 2.05) is 0 Å². The van der Waals surface area contributed by atoms with E-state index in [1.165, 1.54) is 44.6 Å². The highest BCUT2D eigenvalue weighted by atomic mass is 16.5. The first-order valence-corrected chi connectivity index (χ1v) is 6.50. The quantitative estimate of drug-likeness (QED) is 0.667. The van der Waals surface area contributed by atoms with Crippen molar-refractivity contribution >= 4 is 11.9 Å². The van der Waals surface area contributed by atoms with Gasteiger partial charge in [0.1, 0.15) is 0 Å². The van der Waals surface area contributed by atoms with Gasteiger partial charge >= 0.3 is 11.9 Å². The van der Waals surface area contributed by atoms with Crippen LogP contribution in [-0.4, -0.2) is 46.6 Å². The molecule has 0 aliphatic heterocycles. The van der Waals surface area contributed by atoms with Gasteiger partial charge in [-0.15, -0.1) is 0 Å². The minimum absolute atomic E-state index is 0.0355. The van der Waals surface area contributed by atoms with E-state index in [9.17, 15) is 9.59 Å². The topological polar surface area (TPSA) is 134 Å². The molecule has 4 N–H and O–H groups in total. The van der Waals surface area contributed by atoms with Gasteiger partial charge in [0.15, 0.2) is 23.0 Å². The van der Waals surface area contributed by atoms with Crippen molar-refractivity contribution < 1.29 is 39.5 Å². The Morgan fingerprint density at radius 3 is 1.71 bits per heavy atom. The molecule has 0 amide bonds. The number of carbonyl (C=O) groups is 2. The molecule has 8 nitrogen and oxygen atoms in total. The molecule has 2 aromatic rings. The molecular weight excluding hydrogens is 320 g/mol. The van der Waals surface area contributed by atoms with Crippen LogP contribution in [0, 0.1) is 0 Å². The van der Waals surface area contributed by atoms with Crippen molar-refractivity contribution in [2.45, 2.75) is 0 Å². The molecule has 0 spiro atoms. The van der Waals surface area contributed by atoms with Crippen LogP contribution in [0.4, 0.5) is 0 Å². The number of methoxy groups -OCH3 is 2. The first-order valence-electron chi connectivity index (χ1n) is 6.50. The van der Waals surface area contributed by atoms with Gasteiger partial charge in [0, 0.05) is 0 Å². The standard InChI is InChI=1S/2C8H8O4/c1-12-7-3-2-5(8(10)11)4-6(7)9;1-12-7-4-5(8(10)11)2-3-6(7)9/h2*2-4,9H,1H3,(H,10,11). The van der Waals surface area contributed by atoms with Crippen molar-refractivity contribution in [1.82, 2.24) is 0 Å². The number of rotatable bonds is 4. The van der Waals surface area contributed by atoms with E-state index >= 15 is 0 Å². The fourth-order valence-corrected chi connectivity index (χ4v) is 1.63. The van der Waals surface area contributed by atoms with Gasteiger partial charge in [-0.05, 0) is 36.4 Å². The van der Waals surface area contributed by atoms with Gasteiger partial charge < -0.3 is 29.9 Å². The third-order valence-electron chi connectivity index (χ3n) is 2.85. The van der Waals surface area contributed by atoms with E-state index in [4.69, 9.17) is 29.9 Å². The molecule has 0 saturated heterocycles. The zero-order valence-electron chi connectivity index (χ0n) is 12.9. The number of ether oxygens (including phenoxy) is 2. The van der Waals surface area contributed by atoms with Crippen LogP contribution in [0.5, 0.6) is 23.0 Å². The number of hydrogen-bond donors (Lipinski definition) is 4. The molecule has 2 aromatic carbocycles. The normalized spacial score (nSPS) is 9.42. The Morgan fingerprint density at radius 2 is 1.25 bits per heavy atom. The maximum Gasteiger partial charge on any atom is 0.335 e. The Morgan fingerprint density at radius 1 is 0.750 bits per heavy atom. The first-order chi connectivity index (χ1) is 11.3. The highest BCUT2D eigenvalue weighted by Crippen LogP contribution is 2.26. The number of benzene rings is 2. The van der Waals surface area contributed by atoms with Gasteiger partial charge in [0.25, 0.3) is 0 Å². The molecule has 0 heterocycles. The molecule has 0 aliphatic carbocycles. The Hall–Kier alpha value is -3.42. The second-order valence-electron chi connectivity index (χ2n) is 4.38. The third kappa shape index (κ3) is 4.80. The van der Waals surface area contributed by atoms with Gasteiger partial charge in [-0.1, -0.05) is 0 Å². The zero-order chi connectivity index (χ0) is 18.3. The van der Waals surface area contributed by atoms with E-state index in [2.05, 4.69) is 0 Å². The highest BCUT2D eigenvalue weighted by Gasteiger charge is 2.07. The molecular formula is C16H16O8. The van der Waals surface area contributed by atoms with Gasteiger partial charge in [0.05, 0.1) is 25.3 Å². The molecule has 8 heteroatoms. The zero-order valence-corrected chi connectivity index (χ0v) is 12.9. The number of aromatic hydroxyl groups is 2. The molecule has 0 aliphatic rings. The average molecular weight is 336 g/mol. The molecule has 128 valence electrons. The smallest absolute Gasteiger partial charge is 0.335 e. The summed E-state index contributed by atoms with van der Waals surface area (Å²) in [5.74, 6) is -1.93. The summed E-state index contributed by atoms with van der Waals surface area (Å²) in [7, 11) is 2.76. The summed E-state index contributed by atoms with van der Waals surface area (Å²) in [5, 5.41) is 35.3. The largest absolute Gasteiger partial charge is 0.504 e. The predicted octanol–water partition coefficient (Wildman–Crippen LogP) is 2.20. The van der Waals surface area contributed by atoms with Gasteiger partial charge in [-0.25, -0.2) is 9.59 Å². The van der Waals surface area contributed by atoms with Gasteiger partial charge in [-0.3, -0.25) is 0 Å². The Balaban J connectivity index is 0.000000240. The second-order valence-corrected chi connectivity index (χ2v) is 4.38. The lowest BCUT2D eigenvalue weighted by Crippen LogP contribution is -1.96. The van der Waals surface area contributed by atoms with E-state index in [0.717, 1.165) is 6.07 Å². The van der Waals surface area contributed by atoms with Crippen LogP contribution in [0.1, 0.15) is 20.7 Å². The van der Waals surface area contributed by atoms with Crippen LogP contribution in [0.25, 0.3) is 0 Å². The fourth-order valence-electron chi connectivity index (χ4n) is 1.63. The molecule has 0 fully saturated rings. The number of aromatic carboxylic acids is 2. The number of phenolic OH excluding ortho intramolecular Hbond substituents is 2.